The Morgan fingerprint density at radius 3 is 2.55 bits per heavy atom. The first-order valence-electron chi connectivity index (χ1n) is 9.09. The Balaban J connectivity index is 1.83. The molecule has 2 aliphatic rings. The highest BCUT2D eigenvalue weighted by atomic mass is 35.5. The molecule has 9 heteroatoms. The number of ether oxygens (including phenoxy) is 3. The van der Waals surface area contributed by atoms with Crippen LogP contribution in [0.5, 0.6) is 11.5 Å². The van der Waals surface area contributed by atoms with Crippen molar-refractivity contribution in [1.82, 2.24) is 0 Å². The van der Waals surface area contributed by atoms with Gasteiger partial charge in [0.05, 0.1) is 36.7 Å². The van der Waals surface area contributed by atoms with Crippen LogP contribution in [-0.4, -0.2) is 47.8 Å². The summed E-state index contributed by atoms with van der Waals surface area (Å²) in [4.78, 5) is 14.0. The van der Waals surface area contributed by atoms with E-state index in [0.29, 0.717) is 48.2 Å². The number of benzene rings is 2. The molecule has 0 unspecified atom stereocenters. The van der Waals surface area contributed by atoms with E-state index in [-0.39, 0.29) is 22.0 Å². The quantitative estimate of drug-likeness (QED) is 0.666. The van der Waals surface area contributed by atoms with Gasteiger partial charge in [0.1, 0.15) is 16.4 Å². The fraction of sp³-hybridized carbons (Fsp3) is 0.350. The van der Waals surface area contributed by atoms with E-state index in [1.54, 1.807) is 25.1 Å². The Hall–Kier alpha value is -2.29. The fourth-order valence-corrected chi connectivity index (χ4v) is 5.43. The van der Waals surface area contributed by atoms with Gasteiger partial charge in [-0.2, -0.15) is 0 Å². The van der Waals surface area contributed by atoms with Gasteiger partial charge in [-0.05, 0) is 36.8 Å². The van der Waals surface area contributed by atoms with Crippen molar-refractivity contribution in [2.24, 2.45) is 0 Å². The van der Waals surface area contributed by atoms with Crippen LogP contribution in [-0.2, 0) is 25.1 Å². The number of sulfone groups is 1. The molecule has 1 saturated heterocycles. The van der Waals surface area contributed by atoms with Gasteiger partial charge in [-0.15, -0.1) is 0 Å². The Bertz CT molecular complexity index is 1090. The lowest BCUT2D eigenvalue weighted by atomic mass is 10.1. The SMILES string of the molecule is COC(=O)c1cc(C)c2c(c1)S(=O)(=O)Cc1cc(N3CCOCC3)cc(Cl)c1O2. The number of fused-ring (bicyclic) bond motifs is 2. The van der Waals surface area contributed by atoms with Crippen LogP contribution in [0.25, 0.3) is 0 Å². The Morgan fingerprint density at radius 1 is 1.14 bits per heavy atom. The van der Waals surface area contributed by atoms with Crippen LogP contribution in [0.4, 0.5) is 5.69 Å². The Kier molecular flexibility index (Phi) is 5.18. The average molecular weight is 438 g/mol. The maximum atomic E-state index is 13.2. The third-order valence-corrected chi connectivity index (χ3v) is 6.97. The highest BCUT2D eigenvalue weighted by molar-refractivity contribution is 7.90. The van der Waals surface area contributed by atoms with Crippen molar-refractivity contribution in [3.05, 3.63) is 46.0 Å². The number of aryl methyl sites for hydroxylation is 1. The van der Waals surface area contributed by atoms with Crippen molar-refractivity contribution in [2.75, 3.05) is 38.3 Å². The predicted molar refractivity (Wildman–Crippen MR) is 108 cm³/mol. The van der Waals surface area contributed by atoms with Gasteiger partial charge >= 0.3 is 5.97 Å². The molecule has 4 rings (SSSR count). The number of rotatable bonds is 2. The highest BCUT2D eigenvalue weighted by Gasteiger charge is 2.31. The first kappa shape index (κ1) is 20.0. The van der Waals surface area contributed by atoms with Gasteiger partial charge < -0.3 is 19.1 Å². The summed E-state index contributed by atoms with van der Waals surface area (Å²) in [5, 5.41) is 0.337. The molecule has 154 valence electrons. The number of nitrogens with zero attached hydrogens (tertiary/aromatic N) is 1. The molecule has 0 aromatic heterocycles. The summed E-state index contributed by atoms with van der Waals surface area (Å²) in [6, 6.07) is 6.42. The van der Waals surface area contributed by atoms with Crippen LogP contribution in [0.15, 0.2) is 29.2 Å². The molecule has 0 N–H and O–H groups in total. The van der Waals surface area contributed by atoms with Crippen LogP contribution >= 0.6 is 11.6 Å². The summed E-state index contributed by atoms with van der Waals surface area (Å²) in [5.41, 5.74) is 1.97. The highest BCUT2D eigenvalue weighted by Crippen LogP contribution is 2.45. The van der Waals surface area contributed by atoms with E-state index < -0.39 is 15.8 Å². The smallest absolute Gasteiger partial charge is 0.337 e. The number of esters is 1. The molecule has 0 radical (unpaired) electrons. The molecule has 0 aliphatic carbocycles. The van der Waals surface area contributed by atoms with E-state index in [0.717, 1.165) is 5.69 Å². The molecule has 1 fully saturated rings. The van der Waals surface area contributed by atoms with E-state index in [2.05, 4.69) is 4.90 Å². The van der Waals surface area contributed by atoms with Crippen molar-refractivity contribution in [2.45, 2.75) is 17.6 Å². The lowest BCUT2D eigenvalue weighted by Crippen LogP contribution is -2.36. The maximum Gasteiger partial charge on any atom is 0.337 e. The zero-order valence-electron chi connectivity index (χ0n) is 16.0. The van der Waals surface area contributed by atoms with E-state index in [1.165, 1.54) is 13.2 Å². The zero-order chi connectivity index (χ0) is 20.8. The van der Waals surface area contributed by atoms with E-state index in [4.69, 9.17) is 25.8 Å². The van der Waals surface area contributed by atoms with E-state index in [1.807, 2.05) is 0 Å². The van der Waals surface area contributed by atoms with Crippen LogP contribution in [0, 0.1) is 6.92 Å². The second-order valence-electron chi connectivity index (χ2n) is 6.99. The van der Waals surface area contributed by atoms with Crippen LogP contribution in [0.1, 0.15) is 21.5 Å². The van der Waals surface area contributed by atoms with Crippen molar-refractivity contribution >= 4 is 33.1 Å². The minimum Gasteiger partial charge on any atom is -0.465 e. The monoisotopic (exact) mass is 437 g/mol. The molecule has 29 heavy (non-hydrogen) atoms. The van der Waals surface area contributed by atoms with Crippen molar-refractivity contribution in [3.8, 4) is 11.5 Å². The normalized spacial score (nSPS) is 17.6. The molecular formula is C20H20ClNO6S. The number of carbonyl (C=O) groups is 1. The summed E-state index contributed by atoms with van der Waals surface area (Å²) in [5.74, 6) is -0.394. The van der Waals surface area contributed by atoms with Gasteiger partial charge in [0.2, 0.25) is 0 Å². The number of morpholine rings is 1. The van der Waals surface area contributed by atoms with Gasteiger partial charge in [-0.3, -0.25) is 0 Å². The van der Waals surface area contributed by atoms with Crippen LogP contribution < -0.4 is 9.64 Å². The predicted octanol–water partition coefficient (Wildman–Crippen LogP) is 3.35. The number of anilines is 1. The molecule has 2 heterocycles. The molecular weight excluding hydrogens is 418 g/mol. The number of hydrogen-bond donors (Lipinski definition) is 0. The Morgan fingerprint density at radius 2 is 1.86 bits per heavy atom. The van der Waals surface area contributed by atoms with E-state index >= 15 is 0 Å². The average Bonchev–Trinajstić information content (AvgIpc) is 2.82. The minimum absolute atomic E-state index is 0.0434. The number of halogens is 1. The van der Waals surface area contributed by atoms with Gasteiger partial charge in [0, 0.05) is 24.3 Å². The molecule has 2 aromatic carbocycles. The third-order valence-electron chi connectivity index (χ3n) is 5.03. The van der Waals surface area contributed by atoms with E-state index in [9.17, 15) is 13.2 Å². The maximum absolute atomic E-state index is 13.2. The second-order valence-corrected chi connectivity index (χ2v) is 9.35. The molecule has 0 atom stereocenters. The van der Waals surface area contributed by atoms with Crippen LogP contribution in [0.2, 0.25) is 5.02 Å². The number of hydrogen-bond acceptors (Lipinski definition) is 7. The first-order valence-corrected chi connectivity index (χ1v) is 11.1. The summed E-state index contributed by atoms with van der Waals surface area (Å²) in [6.07, 6.45) is 0. The molecule has 7 nitrogen and oxygen atoms in total. The van der Waals surface area contributed by atoms with Crippen molar-refractivity contribution in [1.29, 1.82) is 0 Å². The van der Waals surface area contributed by atoms with Gasteiger partial charge in [-0.25, -0.2) is 13.2 Å². The lowest BCUT2D eigenvalue weighted by Gasteiger charge is -2.29. The van der Waals surface area contributed by atoms with Gasteiger partial charge in [-0.1, -0.05) is 11.6 Å². The van der Waals surface area contributed by atoms with Crippen molar-refractivity contribution in [3.63, 3.8) is 0 Å². The third kappa shape index (κ3) is 3.68. The molecule has 0 spiro atoms. The van der Waals surface area contributed by atoms with Gasteiger partial charge in [0.25, 0.3) is 0 Å². The summed E-state index contributed by atoms with van der Waals surface area (Å²) in [6.45, 7) is 4.28. The summed E-state index contributed by atoms with van der Waals surface area (Å²) < 4.78 is 42.4. The number of methoxy groups -OCH3 is 1. The lowest BCUT2D eigenvalue weighted by molar-refractivity contribution is 0.0600. The van der Waals surface area contributed by atoms with Gasteiger partial charge in [0.15, 0.2) is 9.84 Å². The number of carbonyl (C=O) groups excluding carboxylic acids is 1. The topological polar surface area (TPSA) is 82.1 Å². The largest absolute Gasteiger partial charge is 0.465 e. The molecule has 0 saturated carbocycles. The first-order chi connectivity index (χ1) is 13.8. The summed E-state index contributed by atoms with van der Waals surface area (Å²) in [7, 11) is -2.53. The zero-order valence-corrected chi connectivity index (χ0v) is 17.6. The molecule has 0 amide bonds. The second kappa shape index (κ2) is 7.51. The minimum atomic E-state index is -3.78. The Labute approximate surface area is 174 Å². The molecule has 2 aromatic rings. The molecule has 0 bridgehead atoms. The standard InChI is InChI=1S/C20H20ClNO6S/c1-12-7-13(20(23)26-2)9-17-18(12)28-19-14(11-29(17,24)25)8-15(10-16(19)21)22-3-5-27-6-4-22/h7-10H,3-6,11H2,1-2H3. The summed E-state index contributed by atoms with van der Waals surface area (Å²) >= 11 is 6.50. The van der Waals surface area contributed by atoms with Crippen LogP contribution in [0.3, 0.4) is 0 Å². The fourth-order valence-electron chi connectivity index (χ4n) is 3.58. The molecule has 2 aliphatic heterocycles. The van der Waals surface area contributed by atoms with Crippen molar-refractivity contribution < 1.29 is 27.4 Å².